The third-order valence-electron chi connectivity index (χ3n) is 2.61. The van der Waals surface area contributed by atoms with Crippen LogP contribution in [0, 0.1) is 0 Å². The number of hydrogen-bond acceptors (Lipinski definition) is 6. The zero-order valence-corrected chi connectivity index (χ0v) is 12.3. The molecule has 2 rings (SSSR count). The van der Waals surface area contributed by atoms with E-state index in [9.17, 15) is 9.59 Å². The van der Waals surface area contributed by atoms with Gasteiger partial charge in [-0.3, -0.25) is 4.79 Å². The number of benzene rings is 1. The highest BCUT2D eigenvalue weighted by Crippen LogP contribution is 2.17. The van der Waals surface area contributed by atoms with Gasteiger partial charge in [-0.2, -0.15) is 0 Å². The summed E-state index contributed by atoms with van der Waals surface area (Å²) >= 11 is 1.31. The maximum Gasteiger partial charge on any atom is 0.358 e. The van der Waals surface area contributed by atoms with Crippen molar-refractivity contribution in [3.8, 4) is 0 Å². The van der Waals surface area contributed by atoms with Crippen molar-refractivity contribution >= 4 is 28.3 Å². The van der Waals surface area contributed by atoms with E-state index in [1.54, 1.807) is 5.38 Å². The number of esters is 1. The summed E-state index contributed by atoms with van der Waals surface area (Å²) in [5.41, 5.74) is 1.32. The topological polar surface area (TPSA) is 80.3 Å². The number of nitrogens with one attached hydrogen (secondary N) is 2. The standard InChI is InChI=1S/C14H15N3O3S/c1-15-12(18)8-20-13(19)11-9-21-14(17-11)16-7-10-5-3-2-4-6-10/h2-6,9H,7-8H2,1H3,(H,15,18)(H,16,17). The highest BCUT2D eigenvalue weighted by Gasteiger charge is 2.13. The van der Waals surface area contributed by atoms with Crippen LogP contribution in [0.4, 0.5) is 5.13 Å². The molecular formula is C14H15N3O3S. The van der Waals surface area contributed by atoms with Gasteiger partial charge in [-0.25, -0.2) is 9.78 Å². The van der Waals surface area contributed by atoms with E-state index >= 15 is 0 Å². The minimum atomic E-state index is -0.609. The molecule has 1 aromatic carbocycles. The second-order valence-corrected chi connectivity index (χ2v) is 4.98. The van der Waals surface area contributed by atoms with Crippen LogP contribution in [0.15, 0.2) is 35.7 Å². The number of amides is 1. The van der Waals surface area contributed by atoms with E-state index in [4.69, 9.17) is 4.74 Å². The quantitative estimate of drug-likeness (QED) is 0.793. The van der Waals surface area contributed by atoms with Gasteiger partial charge in [-0.1, -0.05) is 30.3 Å². The Morgan fingerprint density at radius 2 is 2.05 bits per heavy atom. The van der Waals surface area contributed by atoms with Crippen molar-refractivity contribution in [1.82, 2.24) is 10.3 Å². The molecule has 2 aromatic rings. The zero-order chi connectivity index (χ0) is 15.1. The van der Waals surface area contributed by atoms with E-state index in [0.29, 0.717) is 11.7 Å². The van der Waals surface area contributed by atoms with Gasteiger partial charge < -0.3 is 15.4 Å². The van der Waals surface area contributed by atoms with Crippen molar-refractivity contribution in [2.75, 3.05) is 19.0 Å². The van der Waals surface area contributed by atoms with E-state index in [1.807, 2.05) is 30.3 Å². The van der Waals surface area contributed by atoms with Crippen molar-refractivity contribution in [3.63, 3.8) is 0 Å². The third kappa shape index (κ3) is 4.57. The molecule has 0 unspecified atom stereocenters. The Bertz CT molecular complexity index is 613. The van der Waals surface area contributed by atoms with E-state index in [-0.39, 0.29) is 18.2 Å². The fourth-order valence-corrected chi connectivity index (χ4v) is 2.18. The summed E-state index contributed by atoms with van der Waals surface area (Å²) in [6.45, 7) is 0.320. The third-order valence-corrected chi connectivity index (χ3v) is 3.41. The highest BCUT2D eigenvalue weighted by molar-refractivity contribution is 7.13. The van der Waals surface area contributed by atoms with Gasteiger partial charge in [-0.05, 0) is 5.56 Å². The number of hydrogen-bond donors (Lipinski definition) is 2. The molecule has 110 valence electrons. The van der Waals surface area contributed by atoms with Crippen LogP contribution in [-0.4, -0.2) is 30.5 Å². The normalized spacial score (nSPS) is 9.95. The molecule has 0 spiro atoms. The van der Waals surface area contributed by atoms with Gasteiger partial charge in [0.25, 0.3) is 5.91 Å². The Hall–Kier alpha value is -2.41. The van der Waals surface area contributed by atoms with Crippen molar-refractivity contribution in [2.24, 2.45) is 0 Å². The minimum Gasteiger partial charge on any atom is -0.451 e. The fraction of sp³-hybridized carbons (Fsp3) is 0.214. The van der Waals surface area contributed by atoms with E-state index < -0.39 is 5.97 Å². The van der Waals surface area contributed by atoms with Crippen molar-refractivity contribution < 1.29 is 14.3 Å². The van der Waals surface area contributed by atoms with Crippen molar-refractivity contribution in [3.05, 3.63) is 47.0 Å². The lowest BCUT2D eigenvalue weighted by atomic mass is 10.2. The van der Waals surface area contributed by atoms with Crippen LogP contribution in [0.1, 0.15) is 16.1 Å². The summed E-state index contributed by atoms with van der Waals surface area (Å²) in [4.78, 5) is 26.8. The molecular weight excluding hydrogens is 290 g/mol. The molecule has 0 atom stereocenters. The predicted molar refractivity (Wildman–Crippen MR) is 80.2 cm³/mol. The summed E-state index contributed by atoms with van der Waals surface area (Å²) in [7, 11) is 1.48. The number of aromatic nitrogens is 1. The van der Waals surface area contributed by atoms with Crippen molar-refractivity contribution in [1.29, 1.82) is 0 Å². The second kappa shape index (κ2) is 7.39. The SMILES string of the molecule is CNC(=O)COC(=O)c1csc(NCc2ccccc2)n1. The zero-order valence-electron chi connectivity index (χ0n) is 11.5. The lowest BCUT2D eigenvalue weighted by Crippen LogP contribution is -2.25. The first-order chi connectivity index (χ1) is 10.2. The Labute approximate surface area is 126 Å². The molecule has 1 heterocycles. The van der Waals surface area contributed by atoms with E-state index in [1.165, 1.54) is 18.4 Å². The fourth-order valence-electron chi connectivity index (χ4n) is 1.50. The van der Waals surface area contributed by atoms with Gasteiger partial charge in [0.05, 0.1) is 0 Å². The van der Waals surface area contributed by atoms with Crippen LogP contribution in [0.25, 0.3) is 0 Å². The Balaban J connectivity index is 1.86. The molecule has 0 bridgehead atoms. The summed E-state index contributed by atoms with van der Waals surface area (Å²) in [6, 6.07) is 9.87. The largest absolute Gasteiger partial charge is 0.451 e. The molecule has 0 fully saturated rings. The molecule has 6 nitrogen and oxygen atoms in total. The summed E-state index contributed by atoms with van der Waals surface area (Å²) in [5, 5.41) is 7.73. The Kier molecular flexibility index (Phi) is 5.28. The first kappa shape index (κ1) is 15.0. The molecule has 7 heteroatoms. The van der Waals surface area contributed by atoms with Gasteiger partial charge in [0.1, 0.15) is 0 Å². The molecule has 21 heavy (non-hydrogen) atoms. The maximum absolute atomic E-state index is 11.7. The summed E-state index contributed by atoms with van der Waals surface area (Å²) in [5.74, 6) is -0.969. The number of rotatable bonds is 6. The van der Waals surface area contributed by atoms with Crippen LogP contribution in [0.3, 0.4) is 0 Å². The highest BCUT2D eigenvalue weighted by atomic mass is 32.1. The number of carbonyl (C=O) groups is 2. The van der Waals surface area contributed by atoms with Gasteiger partial charge >= 0.3 is 5.97 Å². The number of thiazole rings is 1. The lowest BCUT2D eigenvalue weighted by molar-refractivity contribution is -0.123. The maximum atomic E-state index is 11.7. The summed E-state index contributed by atoms with van der Waals surface area (Å²) in [6.07, 6.45) is 0. The Morgan fingerprint density at radius 3 is 2.76 bits per heavy atom. The molecule has 2 N–H and O–H groups in total. The lowest BCUT2D eigenvalue weighted by Gasteiger charge is -2.02. The molecule has 0 aliphatic rings. The van der Waals surface area contributed by atoms with Crippen LogP contribution in [0.2, 0.25) is 0 Å². The number of carbonyl (C=O) groups excluding carboxylic acids is 2. The molecule has 0 saturated carbocycles. The van der Waals surface area contributed by atoms with Crippen LogP contribution >= 0.6 is 11.3 Å². The van der Waals surface area contributed by atoms with Gasteiger partial charge in [0.2, 0.25) is 0 Å². The number of nitrogens with zero attached hydrogens (tertiary/aromatic N) is 1. The number of likely N-dealkylation sites (N-methyl/N-ethyl adjacent to an activating group) is 1. The molecule has 0 radical (unpaired) electrons. The molecule has 1 aromatic heterocycles. The first-order valence-corrected chi connectivity index (χ1v) is 7.18. The molecule has 0 saturated heterocycles. The molecule has 0 aliphatic heterocycles. The second-order valence-electron chi connectivity index (χ2n) is 4.13. The monoisotopic (exact) mass is 305 g/mol. The van der Waals surface area contributed by atoms with Crippen LogP contribution in [0.5, 0.6) is 0 Å². The van der Waals surface area contributed by atoms with Crippen molar-refractivity contribution in [2.45, 2.75) is 6.54 Å². The molecule has 1 amide bonds. The Morgan fingerprint density at radius 1 is 1.29 bits per heavy atom. The first-order valence-electron chi connectivity index (χ1n) is 6.30. The summed E-state index contributed by atoms with van der Waals surface area (Å²) < 4.78 is 4.82. The van der Waals surface area contributed by atoms with Gasteiger partial charge in [0.15, 0.2) is 17.4 Å². The van der Waals surface area contributed by atoms with Crippen LogP contribution < -0.4 is 10.6 Å². The molecule has 0 aliphatic carbocycles. The average molecular weight is 305 g/mol. The van der Waals surface area contributed by atoms with E-state index in [2.05, 4.69) is 15.6 Å². The van der Waals surface area contributed by atoms with Crippen LogP contribution in [-0.2, 0) is 16.1 Å². The average Bonchev–Trinajstić information content (AvgIpc) is 3.00. The van der Waals surface area contributed by atoms with Gasteiger partial charge in [-0.15, -0.1) is 11.3 Å². The number of anilines is 1. The van der Waals surface area contributed by atoms with E-state index in [0.717, 1.165) is 5.56 Å². The number of ether oxygens (including phenoxy) is 1. The minimum absolute atomic E-state index is 0.194. The smallest absolute Gasteiger partial charge is 0.358 e. The van der Waals surface area contributed by atoms with Gasteiger partial charge in [0, 0.05) is 19.0 Å². The predicted octanol–water partition coefficient (Wildman–Crippen LogP) is 1.66.